The smallest absolute Gasteiger partial charge is 0.243 e. The minimum absolute atomic E-state index is 0.0373. The van der Waals surface area contributed by atoms with E-state index in [-0.39, 0.29) is 5.91 Å². The van der Waals surface area contributed by atoms with E-state index < -0.39 is 10.0 Å². The molecule has 0 saturated carbocycles. The number of carbonyl (C=O) groups is 1. The first-order valence-electron chi connectivity index (χ1n) is 11.7. The van der Waals surface area contributed by atoms with Crippen LogP contribution < -0.4 is 0 Å². The number of rotatable bonds is 5. The normalized spacial score (nSPS) is 15.3. The number of fused-ring (bicyclic) bond motifs is 1. The molecule has 3 heterocycles. The molecule has 8 nitrogen and oxygen atoms in total. The third-order valence-electron chi connectivity index (χ3n) is 6.67. The highest BCUT2D eigenvalue weighted by atomic mass is 32.2. The van der Waals surface area contributed by atoms with Gasteiger partial charge in [-0.3, -0.25) is 4.79 Å². The van der Waals surface area contributed by atoms with Crippen LogP contribution >= 0.6 is 0 Å². The van der Waals surface area contributed by atoms with Crippen LogP contribution in [0.2, 0.25) is 0 Å². The highest BCUT2D eigenvalue weighted by Gasteiger charge is 2.32. The Morgan fingerprint density at radius 1 is 0.941 bits per heavy atom. The predicted octanol–water partition coefficient (Wildman–Crippen LogP) is 3.05. The summed E-state index contributed by atoms with van der Waals surface area (Å²) in [6.45, 7) is 13.0. The lowest BCUT2D eigenvalue weighted by molar-refractivity contribution is -0.132. The fraction of sp³-hybridized carbons (Fsp3) is 0.480. The van der Waals surface area contributed by atoms with Gasteiger partial charge in [-0.25, -0.2) is 17.9 Å². The molecule has 0 aliphatic carbocycles. The molecule has 4 rings (SSSR count). The van der Waals surface area contributed by atoms with Crippen LogP contribution in [0.1, 0.15) is 45.8 Å². The molecule has 1 amide bonds. The second-order valence-corrected chi connectivity index (χ2v) is 11.2. The average Bonchev–Trinajstić information content (AvgIpc) is 3.12. The van der Waals surface area contributed by atoms with Gasteiger partial charge in [-0.05, 0) is 64.7 Å². The van der Waals surface area contributed by atoms with Gasteiger partial charge in [-0.1, -0.05) is 17.7 Å². The molecule has 3 aromatic rings. The first-order chi connectivity index (χ1) is 16.0. The molecular formula is C25H33N5O3S. The number of benzene rings is 1. The number of hydrogen-bond acceptors (Lipinski definition) is 5. The number of carbonyl (C=O) groups excluding carboxylic acids is 1. The lowest BCUT2D eigenvalue weighted by atomic mass is 10.1. The second-order valence-electron chi connectivity index (χ2n) is 9.33. The van der Waals surface area contributed by atoms with E-state index in [0.717, 1.165) is 45.0 Å². The van der Waals surface area contributed by atoms with E-state index >= 15 is 0 Å². The molecule has 0 radical (unpaired) electrons. The topological polar surface area (TPSA) is 87.9 Å². The summed E-state index contributed by atoms with van der Waals surface area (Å²) in [6, 6.07) is 5.75. The van der Waals surface area contributed by atoms with E-state index in [1.165, 1.54) is 4.31 Å². The van der Waals surface area contributed by atoms with Crippen molar-refractivity contribution in [3.63, 3.8) is 0 Å². The first kappa shape index (κ1) is 24.3. The third kappa shape index (κ3) is 4.46. The van der Waals surface area contributed by atoms with Gasteiger partial charge in [0.15, 0.2) is 5.65 Å². The first-order valence-corrected chi connectivity index (χ1v) is 13.1. The summed E-state index contributed by atoms with van der Waals surface area (Å²) in [7, 11) is -3.60. The van der Waals surface area contributed by atoms with Crippen LogP contribution in [-0.2, 0) is 21.2 Å². The zero-order valence-electron chi connectivity index (χ0n) is 20.8. The summed E-state index contributed by atoms with van der Waals surface area (Å²) in [5, 5.41) is 4.50. The molecule has 0 unspecified atom stereocenters. The Morgan fingerprint density at radius 2 is 1.56 bits per heavy atom. The van der Waals surface area contributed by atoms with Crippen molar-refractivity contribution in [2.75, 3.05) is 26.2 Å². The number of aryl methyl sites for hydroxylation is 6. The van der Waals surface area contributed by atoms with Crippen LogP contribution in [0.15, 0.2) is 23.1 Å². The number of aromatic nitrogens is 3. The molecule has 1 fully saturated rings. The Morgan fingerprint density at radius 3 is 2.18 bits per heavy atom. The van der Waals surface area contributed by atoms with Crippen molar-refractivity contribution < 1.29 is 13.2 Å². The number of nitrogens with zero attached hydrogens (tertiary/aromatic N) is 5. The molecule has 2 aromatic heterocycles. The average molecular weight is 484 g/mol. The highest BCUT2D eigenvalue weighted by Crippen LogP contribution is 2.26. The Kier molecular flexibility index (Phi) is 6.52. The summed E-state index contributed by atoms with van der Waals surface area (Å²) in [6.07, 6.45) is 0.941. The van der Waals surface area contributed by atoms with Gasteiger partial charge in [0.2, 0.25) is 15.9 Å². The molecule has 0 spiro atoms. The number of hydrogen-bond donors (Lipinski definition) is 0. The van der Waals surface area contributed by atoms with Crippen molar-refractivity contribution in [2.24, 2.45) is 0 Å². The number of amides is 1. The fourth-order valence-corrected chi connectivity index (χ4v) is 6.91. The third-order valence-corrected chi connectivity index (χ3v) is 8.87. The Labute approximate surface area is 201 Å². The van der Waals surface area contributed by atoms with E-state index in [1.54, 1.807) is 4.90 Å². The van der Waals surface area contributed by atoms with Crippen LogP contribution in [-0.4, -0.2) is 64.3 Å². The maximum absolute atomic E-state index is 13.3. The molecule has 9 heteroatoms. The van der Waals surface area contributed by atoms with Gasteiger partial charge in [-0.2, -0.15) is 9.40 Å². The van der Waals surface area contributed by atoms with Gasteiger partial charge in [0.1, 0.15) is 0 Å². The van der Waals surface area contributed by atoms with Crippen LogP contribution in [0.4, 0.5) is 0 Å². The molecule has 34 heavy (non-hydrogen) atoms. The van der Waals surface area contributed by atoms with Crippen molar-refractivity contribution in [3.8, 4) is 0 Å². The van der Waals surface area contributed by atoms with Gasteiger partial charge < -0.3 is 4.90 Å². The number of sulfonamides is 1. The summed E-state index contributed by atoms with van der Waals surface area (Å²) in [4.78, 5) is 19.7. The quantitative estimate of drug-likeness (QED) is 0.557. The maximum Gasteiger partial charge on any atom is 0.243 e. The minimum atomic E-state index is -3.60. The van der Waals surface area contributed by atoms with Crippen molar-refractivity contribution in [1.29, 1.82) is 0 Å². The van der Waals surface area contributed by atoms with Gasteiger partial charge in [0, 0.05) is 50.1 Å². The van der Waals surface area contributed by atoms with Crippen LogP contribution in [0, 0.1) is 41.5 Å². The van der Waals surface area contributed by atoms with Gasteiger partial charge in [0.25, 0.3) is 0 Å². The standard InChI is InChI=1S/C25H33N5O3S/c1-16-13-17(2)25(18(3)14-16)34(32,33)29-11-9-28(10-12-29)24(31)8-7-22-20(5)26-23-15-19(4)27-30(23)21(22)6/h13-15H,7-12H2,1-6H3. The predicted molar refractivity (Wildman–Crippen MR) is 132 cm³/mol. The molecule has 0 N–H and O–H groups in total. The van der Waals surface area contributed by atoms with Crippen LogP contribution in [0.5, 0.6) is 0 Å². The Bertz CT molecular complexity index is 1350. The molecule has 0 bridgehead atoms. The van der Waals surface area contributed by atoms with Crippen LogP contribution in [0.25, 0.3) is 5.65 Å². The molecule has 0 atom stereocenters. The minimum Gasteiger partial charge on any atom is -0.340 e. The summed E-state index contributed by atoms with van der Waals surface area (Å²) < 4.78 is 30.0. The zero-order chi connectivity index (χ0) is 24.8. The van der Waals surface area contributed by atoms with E-state index in [2.05, 4.69) is 10.1 Å². The number of piperazine rings is 1. The lowest BCUT2D eigenvalue weighted by Crippen LogP contribution is -2.50. The van der Waals surface area contributed by atoms with Crippen molar-refractivity contribution >= 4 is 21.6 Å². The largest absolute Gasteiger partial charge is 0.340 e. The van der Waals surface area contributed by atoms with Crippen molar-refractivity contribution in [3.05, 3.63) is 57.5 Å². The van der Waals surface area contributed by atoms with Crippen LogP contribution in [0.3, 0.4) is 0 Å². The lowest BCUT2D eigenvalue weighted by Gasteiger charge is -2.34. The van der Waals surface area contributed by atoms with Gasteiger partial charge >= 0.3 is 0 Å². The van der Waals surface area contributed by atoms with Gasteiger partial charge in [0.05, 0.1) is 10.6 Å². The molecule has 182 valence electrons. The van der Waals surface area contributed by atoms with E-state index in [4.69, 9.17) is 0 Å². The Hall–Kier alpha value is -2.78. The summed E-state index contributed by atoms with van der Waals surface area (Å²) in [5.74, 6) is 0.0373. The monoisotopic (exact) mass is 483 g/mol. The van der Waals surface area contributed by atoms with E-state index in [1.807, 2.05) is 64.3 Å². The van der Waals surface area contributed by atoms with Gasteiger partial charge in [-0.15, -0.1) is 0 Å². The van der Waals surface area contributed by atoms with Crippen molar-refractivity contribution in [2.45, 2.75) is 59.3 Å². The zero-order valence-corrected chi connectivity index (χ0v) is 21.7. The maximum atomic E-state index is 13.3. The SMILES string of the molecule is Cc1cc(C)c(S(=O)(=O)N2CCN(C(=O)CCc3c(C)nc4cc(C)nn4c3C)CC2)c(C)c1. The molecule has 1 aromatic carbocycles. The van der Waals surface area contributed by atoms with E-state index in [0.29, 0.717) is 43.9 Å². The van der Waals surface area contributed by atoms with Crippen molar-refractivity contribution in [1.82, 2.24) is 23.8 Å². The summed E-state index contributed by atoms with van der Waals surface area (Å²) in [5.41, 5.74) is 7.26. The molecule has 1 aliphatic rings. The fourth-order valence-electron chi connectivity index (χ4n) is 5.07. The second kappa shape index (κ2) is 9.11. The Balaban J connectivity index is 1.41. The summed E-state index contributed by atoms with van der Waals surface area (Å²) >= 11 is 0. The van der Waals surface area contributed by atoms with E-state index in [9.17, 15) is 13.2 Å². The molecule has 1 saturated heterocycles. The molecular weight excluding hydrogens is 450 g/mol. The highest BCUT2D eigenvalue weighted by molar-refractivity contribution is 7.89. The molecule has 1 aliphatic heterocycles.